The van der Waals surface area contributed by atoms with Crippen LogP contribution in [-0.4, -0.2) is 23.2 Å². The van der Waals surface area contributed by atoms with Crippen molar-refractivity contribution >= 4 is 23.2 Å². The summed E-state index contributed by atoms with van der Waals surface area (Å²) >= 11 is 5.90. The Morgan fingerprint density at radius 1 is 1.38 bits per heavy atom. The SMILES string of the molecule is CC(=NNC(=O)CCCOc1ccc(Cl)cc1C)c1cccnc1. The molecule has 0 aliphatic heterocycles. The van der Waals surface area contributed by atoms with Crippen LogP contribution in [0, 0.1) is 6.92 Å². The highest BCUT2D eigenvalue weighted by Gasteiger charge is 2.04. The molecule has 1 aromatic heterocycles. The van der Waals surface area contributed by atoms with Gasteiger partial charge in [0.2, 0.25) is 5.91 Å². The van der Waals surface area contributed by atoms with Crippen molar-refractivity contribution in [1.82, 2.24) is 10.4 Å². The molecule has 2 aromatic rings. The third-order valence-electron chi connectivity index (χ3n) is 3.37. The van der Waals surface area contributed by atoms with Gasteiger partial charge in [-0.1, -0.05) is 17.7 Å². The molecule has 1 amide bonds. The van der Waals surface area contributed by atoms with E-state index in [-0.39, 0.29) is 5.91 Å². The quantitative estimate of drug-likeness (QED) is 0.472. The van der Waals surface area contributed by atoms with Crippen molar-refractivity contribution in [3.8, 4) is 5.75 Å². The lowest BCUT2D eigenvalue weighted by molar-refractivity contribution is -0.121. The number of rotatable bonds is 7. The van der Waals surface area contributed by atoms with E-state index in [1.807, 2.05) is 38.1 Å². The normalized spacial score (nSPS) is 11.2. The minimum Gasteiger partial charge on any atom is -0.493 e. The fraction of sp³-hybridized carbons (Fsp3) is 0.278. The average Bonchev–Trinajstić information content (AvgIpc) is 2.59. The Labute approximate surface area is 146 Å². The molecule has 1 aromatic carbocycles. The van der Waals surface area contributed by atoms with Gasteiger partial charge in [0.15, 0.2) is 0 Å². The van der Waals surface area contributed by atoms with Gasteiger partial charge in [0.05, 0.1) is 12.3 Å². The second kappa shape index (κ2) is 9.03. The Kier molecular flexibility index (Phi) is 6.75. The molecular weight excluding hydrogens is 326 g/mol. The molecule has 6 heteroatoms. The number of carbonyl (C=O) groups excluding carboxylic acids is 1. The minimum absolute atomic E-state index is 0.144. The van der Waals surface area contributed by atoms with E-state index in [2.05, 4.69) is 15.5 Å². The standard InChI is InChI=1S/C18H20ClN3O2/c1-13-11-16(19)7-8-17(13)24-10-4-6-18(23)22-21-14(2)15-5-3-9-20-12-15/h3,5,7-9,11-12H,4,6,10H2,1-2H3,(H,22,23). The van der Waals surface area contributed by atoms with E-state index >= 15 is 0 Å². The summed E-state index contributed by atoms with van der Waals surface area (Å²) in [6, 6.07) is 9.18. The number of hydrogen-bond donors (Lipinski definition) is 1. The van der Waals surface area contributed by atoms with Crippen LogP contribution in [0.4, 0.5) is 0 Å². The summed E-state index contributed by atoms with van der Waals surface area (Å²) < 4.78 is 5.65. The van der Waals surface area contributed by atoms with E-state index in [0.29, 0.717) is 30.2 Å². The van der Waals surface area contributed by atoms with E-state index in [9.17, 15) is 4.79 Å². The Hall–Kier alpha value is -2.40. The Morgan fingerprint density at radius 3 is 2.92 bits per heavy atom. The highest BCUT2D eigenvalue weighted by molar-refractivity contribution is 6.30. The number of ether oxygens (including phenoxy) is 1. The Balaban J connectivity index is 1.72. The van der Waals surface area contributed by atoms with Crippen LogP contribution in [0.15, 0.2) is 47.8 Å². The van der Waals surface area contributed by atoms with E-state index in [4.69, 9.17) is 16.3 Å². The van der Waals surface area contributed by atoms with Crippen molar-refractivity contribution in [1.29, 1.82) is 0 Å². The van der Waals surface area contributed by atoms with Gasteiger partial charge in [0, 0.05) is 29.4 Å². The molecule has 5 nitrogen and oxygen atoms in total. The van der Waals surface area contributed by atoms with Crippen LogP contribution in [0.1, 0.15) is 30.9 Å². The topological polar surface area (TPSA) is 63.6 Å². The van der Waals surface area contributed by atoms with Gasteiger partial charge in [0.25, 0.3) is 0 Å². The lowest BCUT2D eigenvalue weighted by atomic mass is 10.2. The summed E-state index contributed by atoms with van der Waals surface area (Å²) in [6.45, 7) is 4.22. The van der Waals surface area contributed by atoms with Crippen LogP contribution in [0.3, 0.4) is 0 Å². The predicted molar refractivity (Wildman–Crippen MR) is 95.5 cm³/mol. The summed E-state index contributed by atoms with van der Waals surface area (Å²) in [6.07, 6.45) is 4.34. The van der Waals surface area contributed by atoms with Gasteiger partial charge in [-0.2, -0.15) is 5.10 Å². The van der Waals surface area contributed by atoms with Crippen molar-refractivity contribution in [2.45, 2.75) is 26.7 Å². The molecule has 0 saturated carbocycles. The predicted octanol–water partition coefficient (Wildman–Crippen LogP) is 3.74. The van der Waals surface area contributed by atoms with Gasteiger partial charge >= 0.3 is 0 Å². The number of aryl methyl sites for hydroxylation is 1. The zero-order chi connectivity index (χ0) is 17.4. The number of hydrazone groups is 1. The number of hydrogen-bond acceptors (Lipinski definition) is 4. The van der Waals surface area contributed by atoms with Gasteiger partial charge < -0.3 is 4.74 Å². The van der Waals surface area contributed by atoms with Crippen molar-refractivity contribution in [2.75, 3.05) is 6.61 Å². The molecular formula is C18H20ClN3O2. The summed E-state index contributed by atoms with van der Waals surface area (Å²) in [7, 11) is 0. The number of nitrogens with one attached hydrogen (secondary N) is 1. The van der Waals surface area contributed by atoms with Crippen LogP contribution in [0.2, 0.25) is 5.02 Å². The van der Waals surface area contributed by atoms with E-state index in [1.54, 1.807) is 18.5 Å². The van der Waals surface area contributed by atoms with Crippen LogP contribution in [0.25, 0.3) is 0 Å². The molecule has 0 bridgehead atoms. The largest absolute Gasteiger partial charge is 0.493 e. The Bertz CT molecular complexity index is 717. The van der Waals surface area contributed by atoms with E-state index in [0.717, 1.165) is 16.9 Å². The number of amides is 1. The monoisotopic (exact) mass is 345 g/mol. The van der Waals surface area contributed by atoms with Crippen LogP contribution in [0.5, 0.6) is 5.75 Å². The molecule has 1 N–H and O–H groups in total. The molecule has 24 heavy (non-hydrogen) atoms. The lowest BCUT2D eigenvalue weighted by Crippen LogP contribution is -2.19. The number of pyridine rings is 1. The molecule has 0 radical (unpaired) electrons. The lowest BCUT2D eigenvalue weighted by Gasteiger charge is -2.09. The first-order chi connectivity index (χ1) is 11.6. The summed E-state index contributed by atoms with van der Waals surface area (Å²) in [5.41, 5.74) is 5.11. The smallest absolute Gasteiger partial charge is 0.240 e. The van der Waals surface area contributed by atoms with Crippen LogP contribution < -0.4 is 10.2 Å². The Morgan fingerprint density at radius 2 is 2.21 bits per heavy atom. The molecule has 0 fully saturated rings. The number of carbonyl (C=O) groups is 1. The molecule has 0 unspecified atom stereocenters. The number of aromatic nitrogens is 1. The van der Waals surface area contributed by atoms with Gasteiger partial charge in [0.1, 0.15) is 5.75 Å². The first kappa shape index (κ1) is 17.9. The summed E-state index contributed by atoms with van der Waals surface area (Å²) in [5, 5.41) is 4.76. The van der Waals surface area contributed by atoms with Crippen molar-refractivity contribution in [3.05, 3.63) is 58.9 Å². The maximum Gasteiger partial charge on any atom is 0.240 e. The zero-order valence-corrected chi connectivity index (χ0v) is 14.5. The van der Waals surface area contributed by atoms with E-state index in [1.165, 1.54) is 0 Å². The fourth-order valence-corrected chi connectivity index (χ4v) is 2.26. The van der Waals surface area contributed by atoms with Gasteiger partial charge in [-0.3, -0.25) is 9.78 Å². The molecule has 1 heterocycles. The zero-order valence-electron chi connectivity index (χ0n) is 13.8. The van der Waals surface area contributed by atoms with Gasteiger partial charge in [-0.15, -0.1) is 0 Å². The second-order valence-electron chi connectivity index (χ2n) is 5.34. The third kappa shape index (κ3) is 5.66. The maximum absolute atomic E-state index is 11.8. The molecule has 2 rings (SSSR count). The van der Waals surface area contributed by atoms with E-state index < -0.39 is 0 Å². The van der Waals surface area contributed by atoms with Crippen molar-refractivity contribution < 1.29 is 9.53 Å². The van der Waals surface area contributed by atoms with Crippen LogP contribution >= 0.6 is 11.6 Å². The fourth-order valence-electron chi connectivity index (χ4n) is 2.03. The molecule has 126 valence electrons. The third-order valence-corrected chi connectivity index (χ3v) is 3.61. The number of benzene rings is 1. The van der Waals surface area contributed by atoms with Crippen molar-refractivity contribution in [2.24, 2.45) is 5.10 Å². The van der Waals surface area contributed by atoms with Gasteiger partial charge in [-0.25, -0.2) is 5.43 Å². The number of nitrogens with zero attached hydrogens (tertiary/aromatic N) is 2. The first-order valence-electron chi connectivity index (χ1n) is 7.69. The molecule has 0 aliphatic carbocycles. The highest BCUT2D eigenvalue weighted by Crippen LogP contribution is 2.21. The first-order valence-corrected chi connectivity index (χ1v) is 8.06. The number of halogens is 1. The maximum atomic E-state index is 11.8. The molecule has 0 saturated heterocycles. The minimum atomic E-state index is -0.144. The van der Waals surface area contributed by atoms with Crippen molar-refractivity contribution in [3.63, 3.8) is 0 Å². The summed E-state index contributed by atoms with van der Waals surface area (Å²) in [4.78, 5) is 15.8. The molecule has 0 aliphatic rings. The molecule has 0 spiro atoms. The highest BCUT2D eigenvalue weighted by atomic mass is 35.5. The second-order valence-corrected chi connectivity index (χ2v) is 5.77. The average molecular weight is 346 g/mol. The van der Waals surface area contributed by atoms with Gasteiger partial charge in [-0.05, 0) is 50.1 Å². The molecule has 0 atom stereocenters. The summed E-state index contributed by atoms with van der Waals surface area (Å²) in [5.74, 6) is 0.639. The van der Waals surface area contributed by atoms with Crippen LogP contribution in [-0.2, 0) is 4.79 Å².